The van der Waals surface area contributed by atoms with Crippen LogP contribution in [0.1, 0.15) is 25.0 Å². The normalized spacial score (nSPS) is 11.0. The lowest BCUT2D eigenvalue weighted by Crippen LogP contribution is -2.09. The minimum absolute atomic E-state index is 0.219. The molecule has 0 saturated heterocycles. The van der Waals surface area contributed by atoms with Crippen LogP contribution in [0, 0.1) is 5.41 Å². The van der Waals surface area contributed by atoms with Gasteiger partial charge in [-0.25, -0.2) is 9.97 Å². The standard InChI is InChI=1S/C17H20N6/c18-16(19)8-4-3-7-14-17(20)22-10-15(23-14)12-9-21-13-6-2-1-5-11(12)13/h1-2,5-6,9-10,21H,3-4,7-8H2,(H3,18,19)(H2,20,22). The lowest BCUT2D eigenvalue weighted by molar-refractivity contribution is 0.743. The van der Waals surface area contributed by atoms with Crippen molar-refractivity contribution < 1.29 is 0 Å². The van der Waals surface area contributed by atoms with Crippen molar-refractivity contribution >= 4 is 22.6 Å². The summed E-state index contributed by atoms with van der Waals surface area (Å²) in [5.41, 5.74) is 15.0. The molecule has 2 aromatic heterocycles. The van der Waals surface area contributed by atoms with E-state index in [-0.39, 0.29) is 5.84 Å². The molecule has 6 nitrogen and oxygen atoms in total. The zero-order chi connectivity index (χ0) is 16.2. The molecule has 23 heavy (non-hydrogen) atoms. The molecule has 0 unspecified atom stereocenters. The molecule has 118 valence electrons. The number of nitrogens with two attached hydrogens (primary N) is 2. The molecule has 6 heteroatoms. The molecule has 0 saturated carbocycles. The molecule has 0 amide bonds. The lowest BCUT2D eigenvalue weighted by Gasteiger charge is -2.07. The van der Waals surface area contributed by atoms with Crippen molar-refractivity contribution in [3.05, 3.63) is 42.4 Å². The number of amidine groups is 1. The Morgan fingerprint density at radius 2 is 2.04 bits per heavy atom. The van der Waals surface area contributed by atoms with E-state index in [9.17, 15) is 0 Å². The minimum atomic E-state index is 0.219. The molecule has 3 rings (SSSR count). The predicted molar refractivity (Wildman–Crippen MR) is 93.2 cm³/mol. The molecule has 0 aliphatic heterocycles. The van der Waals surface area contributed by atoms with Crippen LogP contribution in [0.2, 0.25) is 0 Å². The zero-order valence-electron chi connectivity index (χ0n) is 12.8. The predicted octanol–water partition coefficient (Wildman–Crippen LogP) is 2.86. The average Bonchev–Trinajstić information content (AvgIpc) is 2.97. The Kier molecular flexibility index (Phi) is 4.23. The molecule has 0 spiro atoms. The number of nitrogens with zero attached hydrogens (tertiary/aromatic N) is 2. The van der Waals surface area contributed by atoms with Crippen molar-refractivity contribution in [3.63, 3.8) is 0 Å². The first kappa shape index (κ1) is 15.0. The highest BCUT2D eigenvalue weighted by Crippen LogP contribution is 2.27. The van der Waals surface area contributed by atoms with E-state index in [1.165, 1.54) is 0 Å². The Morgan fingerprint density at radius 1 is 1.22 bits per heavy atom. The molecule has 0 fully saturated rings. The van der Waals surface area contributed by atoms with Gasteiger partial charge in [-0.3, -0.25) is 5.41 Å². The largest absolute Gasteiger partial charge is 0.388 e. The number of hydrogen-bond donors (Lipinski definition) is 4. The first-order valence-corrected chi connectivity index (χ1v) is 7.66. The summed E-state index contributed by atoms with van der Waals surface area (Å²) < 4.78 is 0. The SMILES string of the molecule is N=C(N)CCCCc1nc(-c2c[nH]c3ccccc23)cnc1N. The van der Waals surface area contributed by atoms with Gasteiger partial charge < -0.3 is 16.5 Å². The van der Waals surface area contributed by atoms with Crippen molar-refractivity contribution in [1.29, 1.82) is 5.41 Å². The van der Waals surface area contributed by atoms with Gasteiger partial charge in [-0.2, -0.15) is 0 Å². The van der Waals surface area contributed by atoms with Crippen LogP contribution in [-0.2, 0) is 6.42 Å². The molecular weight excluding hydrogens is 288 g/mol. The second-order valence-corrected chi connectivity index (χ2v) is 5.57. The summed E-state index contributed by atoms with van der Waals surface area (Å²) in [6, 6.07) is 8.10. The maximum atomic E-state index is 7.25. The topological polar surface area (TPSA) is 117 Å². The highest BCUT2D eigenvalue weighted by atomic mass is 14.9. The highest BCUT2D eigenvalue weighted by Gasteiger charge is 2.10. The number of benzene rings is 1. The minimum Gasteiger partial charge on any atom is -0.388 e. The number of aryl methyl sites for hydroxylation is 1. The highest BCUT2D eigenvalue weighted by molar-refractivity contribution is 5.94. The number of aromatic amines is 1. The van der Waals surface area contributed by atoms with Gasteiger partial charge in [-0.15, -0.1) is 0 Å². The fourth-order valence-electron chi connectivity index (χ4n) is 2.64. The van der Waals surface area contributed by atoms with E-state index >= 15 is 0 Å². The number of unbranched alkanes of at least 4 members (excludes halogenated alkanes) is 1. The fourth-order valence-corrected chi connectivity index (χ4v) is 2.64. The number of aromatic nitrogens is 3. The first-order valence-electron chi connectivity index (χ1n) is 7.66. The third kappa shape index (κ3) is 3.31. The van der Waals surface area contributed by atoms with E-state index in [0.717, 1.165) is 47.1 Å². The van der Waals surface area contributed by atoms with E-state index in [2.05, 4.69) is 21.0 Å². The summed E-state index contributed by atoms with van der Waals surface area (Å²) in [7, 11) is 0. The van der Waals surface area contributed by atoms with Crippen molar-refractivity contribution in [1.82, 2.24) is 15.0 Å². The van der Waals surface area contributed by atoms with Crippen LogP contribution in [0.15, 0.2) is 36.7 Å². The number of fused-ring (bicyclic) bond motifs is 1. The zero-order valence-corrected chi connectivity index (χ0v) is 12.8. The Labute approximate surface area is 134 Å². The molecule has 0 radical (unpaired) electrons. The number of H-pyrrole nitrogens is 1. The lowest BCUT2D eigenvalue weighted by atomic mass is 10.1. The molecule has 0 aliphatic rings. The monoisotopic (exact) mass is 308 g/mol. The van der Waals surface area contributed by atoms with Gasteiger partial charge in [0.2, 0.25) is 0 Å². The molecule has 0 atom stereocenters. The molecule has 1 aromatic carbocycles. The van der Waals surface area contributed by atoms with Crippen LogP contribution < -0.4 is 11.5 Å². The summed E-state index contributed by atoms with van der Waals surface area (Å²) in [4.78, 5) is 12.2. The summed E-state index contributed by atoms with van der Waals surface area (Å²) in [6.07, 6.45) is 6.75. The summed E-state index contributed by atoms with van der Waals surface area (Å²) >= 11 is 0. The van der Waals surface area contributed by atoms with Gasteiger partial charge in [0.05, 0.1) is 23.4 Å². The van der Waals surface area contributed by atoms with E-state index < -0.39 is 0 Å². The maximum Gasteiger partial charge on any atom is 0.145 e. The van der Waals surface area contributed by atoms with Gasteiger partial charge in [0.1, 0.15) is 5.82 Å². The van der Waals surface area contributed by atoms with Crippen molar-refractivity contribution in [2.24, 2.45) is 5.73 Å². The van der Waals surface area contributed by atoms with Gasteiger partial charge in [0.15, 0.2) is 0 Å². The number of para-hydroxylation sites is 1. The number of nitrogen functional groups attached to an aromatic ring is 1. The Balaban J connectivity index is 1.84. The van der Waals surface area contributed by atoms with Gasteiger partial charge in [-0.1, -0.05) is 18.2 Å². The van der Waals surface area contributed by atoms with E-state index in [0.29, 0.717) is 12.2 Å². The van der Waals surface area contributed by atoms with Crippen LogP contribution in [0.5, 0.6) is 0 Å². The van der Waals surface area contributed by atoms with Crippen LogP contribution in [0.25, 0.3) is 22.2 Å². The van der Waals surface area contributed by atoms with Crippen molar-refractivity contribution in [2.45, 2.75) is 25.7 Å². The summed E-state index contributed by atoms with van der Waals surface area (Å²) in [5.74, 6) is 0.688. The molecule has 2 heterocycles. The Hall–Kier alpha value is -2.89. The molecule has 3 aromatic rings. The van der Waals surface area contributed by atoms with E-state index in [1.54, 1.807) is 6.20 Å². The number of hydrogen-bond acceptors (Lipinski definition) is 4. The van der Waals surface area contributed by atoms with Crippen LogP contribution >= 0.6 is 0 Å². The first-order chi connectivity index (χ1) is 11.1. The second kappa shape index (κ2) is 6.48. The number of anilines is 1. The fraction of sp³-hybridized carbons (Fsp3) is 0.235. The number of nitrogens with one attached hydrogen (secondary N) is 2. The number of rotatable bonds is 6. The van der Waals surface area contributed by atoms with E-state index in [1.807, 2.05) is 24.4 Å². The second-order valence-electron chi connectivity index (χ2n) is 5.57. The molecule has 0 aliphatic carbocycles. The molecule has 0 bridgehead atoms. The Bertz CT molecular complexity index is 836. The third-order valence-corrected chi connectivity index (χ3v) is 3.85. The quantitative estimate of drug-likeness (QED) is 0.318. The Morgan fingerprint density at radius 3 is 2.87 bits per heavy atom. The van der Waals surface area contributed by atoms with Crippen LogP contribution in [0.3, 0.4) is 0 Å². The smallest absolute Gasteiger partial charge is 0.145 e. The summed E-state index contributed by atoms with van der Waals surface area (Å²) in [5, 5.41) is 8.37. The molecule has 6 N–H and O–H groups in total. The van der Waals surface area contributed by atoms with Crippen LogP contribution in [-0.4, -0.2) is 20.8 Å². The van der Waals surface area contributed by atoms with Crippen molar-refractivity contribution in [3.8, 4) is 11.3 Å². The van der Waals surface area contributed by atoms with Gasteiger partial charge in [0.25, 0.3) is 0 Å². The summed E-state index contributed by atoms with van der Waals surface area (Å²) in [6.45, 7) is 0. The average molecular weight is 308 g/mol. The van der Waals surface area contributed by atoms with E-state index in [4.69, 9.17) is 16.9 Å². The van der Waals surface area contributed by atoms with Gasteiger partial charge >= 0.3 is 0 Å². The molecular formula is C17H20N6. The maximum absolute atomic E-state index is 7.25. The van der Waals surface area contributed by atoms with Gasteiger partial charge in [-0.05, 0) is 25.3 Å². The van der Waals surface area contributed by atoms with Crippen LogP contribution in [0.4, 0.5) is 5.82 Å². The van der Waals surface area contributed by atoms with Crippen molar-refractivity contribution in [2.75, 3.05) is 5.73 Å². The third-order valence-electron chi connectivity index (χ3n) is 3.85. The van der Waals surface area contributed by atoms with Gasteiger partial charge in [0, 0.05) is 29.1 Å².